The van der Waals surface area contributed by atoms with Gasteiger partial charge in [-0.05, 0) is 51.1 Å². The molecule has 0 bridgehead atoms. The maximum Gasteiger partial charge on any atom is 0.0233 e. The Labute approximate surface area is 117 Å². The summed E-state index contributed by atoms with van der Waals surface area (Å²) in [5.74, 6) is 0.789. The van der Waals surface area contributed by atoms with E-state index >= 15 is 0 Å². The van der Waals surface area contributed by atoms with Crippen LogP contribution in [0, 0.1) is 5.92 Å². The lowest BCUT2D eigenvalue weighted by atomic mass is 9.86. The van der Waals surface area contributed by atoms with Crippen molar-refractivity contribution >= 4 is 0 Å². The van der Waals surface area contributed by atoms with Crippen LogP contribution in [0.25, 0.3) is 0 Å². The quantitative estimate of drug-likeness (QED) is 0.873. The summed E-state index contributed by atoms with van der Waals surface area (Å²) in [5.41, 5.74) is 1.74. The van der Waals surface area contributed by atoms with Crippen LogP contribution in [-0.2, 0) is 6.54 Å². The fourth-order valence-corrected chi connectivity index (χ4v) is 3.28. The molecule has 1 unspecified atom stereocenters. The van der Waals surface area contributed by atoms with Crippen molar-refractivity contribution in [2.75, 3.05) is 13.1 Å². The SMILES string of the molecule is CC(C)(NC1CC1)C1CCN(Cc2ccccc2)C1. The lowest BCUT2D eigenvalue weighted by molar-refractivity contribution is 0.234. The monoisotopic (exact) mass is 258 g/mol. The van der Waals surface area contributed by atoms with Crippen LogP contribution in [-0.4, -0.2) is 29.6 Å². The van der Waals surface area contributed by atoms with Crippen molar-refractivity contribution < 1.29 is 0 Å². The van der Waals surface area contributed by atoms with Gasteiger partial charge in [-0.1, -0.05) is 30.3 Å². The average molecular weight is 258 g/mol. The van der Waals surface area contributed by atoms with E-state index in [1.54, 1.807) is 0 Å². The number of nitrogens with one attached hydrogen (secondary N) is 1. The molecule has 0 aromatic heterocycles. The van der Waals surface area contributed by atoms with E-state index < -0.39 is 0 Å². The Morgan fingerprint density at radius 1 is 1.16 bits per heavy atom. The van der Waals surface area contributed by atoms with Crippen LogP contribution >= 0.6 is 0 Å². The molecule has 1 heterocycles. The van der Waals surface area contributed by atoms with Crippen LogP contribution in [0.3, 0.4) is 0 Å². The predicted molar refractivity (Wildman–Crippen MR) is 80.1 cm³/mol. The topological polar surface area (TPSA) is 15.3 Å². The molecule has 2 aliphatic rings. The number of hydrogen-bond acceptors (Lipinski definition) is 2. The lowest BCUT2D eigenvalue weighted by Crippen LogP contribution is -2.48. The Balaban J connectivity index is 1.54. The molecule has 1 atom stereocenters. The summed E-state index contributed by atoms with van der Waals surface area (Å²) in [5, 5.41) is 3.83. The van der Waals surface area contributed by atoms with E-state index in [1.807, 2.05) is 0 Å². The molecule has 2 heteroatoms. The van der Waals surface area contributed by atoms with Gasteiger partial charge in [0.25, 0.3) is 0 Å². The first-order valence-corrected chi connectivity index (χ1v) is 7.67. The van der Waals surface area contributed by atoms with Crippen molar-refractivity contribution in [1.29, 1.82) is 0 Å². The standard InChI is InChI=1S/C17H26N2/c1-17(2,18-16-8-9-16)15-10-11-19(13-15)12-14-6-4-3-5-7-14/h3-7,15-16,18H,8-13H2,1-2H3. The van der Waals surface area contributed by atoms with Gasteiger partial charge in [0.05, 0.1) is 0 Å². The normalized spacial score (nSPS) is 24.8. The molecule has 2 fully saturated rings. The Hall–Kier alpha value is -0.860. The second-order valence-corrected chi connectivity index (χ2v) is 6.85. The predicted octanol–water partition coefficient (Wildman–Crippen LogP) is 3.04. The van der Waals surface area contributed by atoms with Crippen molar-refractivity contribution in [3.05, 3.63) is 35.9 Å². The zero-order valence-electron chi connectivity index (χ0n) is 12.2. The molecule has 1 saturated carbocycles. The van der Waals surface area contributed by atoms with Crippen molar-refractivity contribution in [3.8, 4) is 0 Å². The number of hydrogen-bond donors (Lipinski definition) is 1. The van der Waals surface area contributed by atoms with Crippen molar-refractivity contribution in [2.45, 2.75) is 51.2 Å². The molecular formula is C17H26N2. The summed E-state index contributed by atoms with van der Waals surface area (Å²) >= 11 is 0. The van der Waals surface area contributed by atoms with Gasteiger partial charge < -0.3 is 5.32 Å². The second kappa shape index (κ2) is 5.26. The fourth-order valence-electron chi connectivity index (χ4n) is 3.28. The van der Waals surface area contributed by atoms with Gasteiger partial charge >= 0.3 is 0 Å². The van der Waals surface area contributed by atoms with Gasteiger partial charge in [-0.3, -0.25) is 4.90 Å². The molecule has 1 saturated heterocycles. The molecule has 0 spiro atoms. The second-order valence-electron chi connectivity index (χ2n) is 6.85. The largest absolute Gasteiger partial charge is 0.309 e. The number of benzene rings is 1. The highest BCUT2D eigenvalue weighted by Gasteiger charge is 2.38. The molecule has 2 nitrogen and oxygen atoms in total. The highest BCUT2D eigenvalue weighted by Crippen LogP contribution is 2.31. The fraction of sp³-hybridized carbons (Fsp3) is 0.647. The molecule has 104 valence electrons. The maximum absolute atomic E-state index is 3.83. The minimum absolute atomic E-state index is 0.298. The zero-order valence-corrected chi connectivity index (χ0v) is 12.2. The summed E-state index contributed by atoms with van der Waals surface area (Å²) in [7, 11) is 0. The van der Waals surface area contributed by atoms with Gasteiger partial charge in [-0.25, -0.2) is 0 Å². The minimum atomic E-state index is 0.298. The number of nitrogens with zero attached hydrogens (tertiary/aromatic N) is 1. The summed E-state index contributed by atoms with van der Waals surface area (Å²) in [6.45, 7) is 8.37. The van der Waals surface area contributed by atoms with E-state index in [4.69, 9.17) is 0 Å². The van der Waals surface area contributed by atoms with E-state index in [9.17, 15) is 0 Å². The summed E-state index contributed by atoms with van der Waals surface area (Å²) < 4.78 is 0. The Bertz CT molecular complexity index is 409. The van der Waals surface area contributed by atoms with Crippen molar-refractivity contribution in [3.63, 3.8) is 0 Å². The first kappa shape index (κ1) is 13.1. The van der Waals surface area contributed by atoms with Gasteiger partial charge in [-0.15, -0.1) is 0 Å². The van der Waals surface area contributed by atoms with E-state index in [0.29, 0.717) is 5.54 Å². The maximum atomic E-state index is 3.83. The van der Waals surface area contributed by atoms with Crippen molar-refractivity contribution in [1.82, 2.24) is 10.2 Å². The molecule has 1 aromatic rings. The lowest BCUT2D eigenvalue weighted by Gasteiger charge is -2.33. The number of rotatable bonds is 5. The molecule has 1 aliphatic carbocycles. The van der Waals surface area contributed by atoms with Crippen LogP contribution in [0.15, 0.2) is 30.3 Å². The van der Waals surface area contributed by atoms with Gasteiger partial charge in [0.15, 0.2) is 0 Å². The summed E-state index contributed by atoms with van der Waals surface area (Å²) in [6, 6.07) is 11.7. The summed E-state index contributed by atoms with van der Waals surface area (Å²) in [6.07, 6.45) is 4.09. The molecular weight excluding hydrogens is 232 g/mol. The van der Waals surface area contributed by atoms with E-state index in [1.165, 1.54) is 37.9 Å². The van der Waals surface area contributed by atoms with Crippen molar-refractivity contribution in [2.24, 2.45) is 5.92 Å². The number of likely N-dealkylation sites (tertiary alicyclic amines) is 1. The molecule has 0 radical (unpaired) electrons. The average Bonchev–Trinajstić information content (AvgIpc) is 3.05. The van der Waals surface area contributed by atoms with Crippen LogP contribution in [0.4, 0.5) is 0 Å². The molecule has 1 N–H and O–H groups in total. The molecule has 1 aromatic carbocycles. The third kappa shape index (κ3) is 3.37. The third-order valence-corrected chi connectivity index (χ3v) is 4.70. The van der Waals surface area contributed by atoms with E-state index in [0.717, 1.165) is 18.5 Å². The zero-order chi connectivity index (χ0) is 13.3. The van der Waals surface area contributed by atoms with E-state index in [-0.39, 0.29) is 0 Å². The first-order valence-electron chi connectivity index (χ1n) is 7.67. The highest BCUT2D eigenvalue weighted by molar-refractivity contribution is 5.14. The van der Waals surface area contributed by atoms with Crippen LogP contribution in [0.2, 0.25) is 0 Å². The Kier molecular flexibility index (Phi) is 3.64. The van der Waals surface area contributed by atoms with Gasteiger partial charge in [0, 0.05) is 24.7 Å². The Morgan fingerprint density at radius 2 is 1.89 bits per heavy atom. The first-order chi connectivity index (χ1) is 9.13. The van der Waals surface area contributed by atoms with Crippen LogP contribution < -0.4 is 5.32 Å². The van der Waals surface area contributed by atoms with E-state index in [2.05, 4.69) is 54.4 Å². The van der Waals surface area contributed by atoms with Gasteiger partial charge in [0.1, 0.15) is 0 Å². The molecule has 19 heavy (non-hydrogen) atoms. The molecule has 1 aliphatic heterocycles. The smallest absolute Gasteiger partial charge is 0.0233 e. The third-order valence-electron chi connectivity index (χ3n) is 4.70. The van der Waals surface area contributed by atoms with Crippen LogP contribution in [0.1, 0.15) is 38.7 Å². The Morgan fingerprint density at radius 3 is 2.58 bits per heavy atom. The highest BCUT2D eigenvalue weighted by atomic mass is 15.2. The van der Waals surface area contributed by atoms with Gasteiger partial charge in [0.2, 0.25) is 0 Å². The molecule has 3 rings (SSSR count). The summed E-state index contributed by atoms with van der Waals surface area (Å²) in [4.78, 5) is 2.61. The van der Waals surface area contributed by atoms with Gasteiger partial charge in [-0.2, -0.15) is 0 Å². The van der Waals surface area contributed by atoms with Crippen LogP contribution in [0.5, 0.6) is 0 Å². The minimum Gasteiger partial charge on any atom is -0.309 e. The molecule has 0 amide bonds.